The zero-order chi connectivity index (χ0) is 12.4. The first-order valence-corrected chi connectivity index (χ1v) is 5.92. The molecular formula is C14H14N4. The van der Waals surface area contributed by atoms with Gasteiger partial charge < -0.3 is 5.73 Å². The smallest absolute Gasteiger partial charge is 0.122 e. The second kappa shape index (κ2) is 4.49. The number of amidine groups is 1. The van der Waals surface area contributed by atoms with Gasteiger partial charge in [0.1, 0.15) is 5.84 Å². The minimum absolute atomic E-state index is 0.140. The van der Waals surface area contributed by atoms with Gasteiger partial charge in [0.25, 0.3) is 0 Å². The third-order valence-electron chi connectivity index (χ3n) is 3.02. The molecule has 0 fully saturated rings. The van der Waals surface area contributed by atoms with Crippen molar-refractivity contribution in [3.8, 4) is 0 Å². The number of hydrogen-bond donors (Lipinski definition) is 1. The van der Waals surface area contributed by atoms with Gasteiger partial charge in [-0.25, -0.2) is 0 Å². The van der Waals surface area contributed by atoms with E-state index < -0.39 is 0 Å². The van der Waals surface area contributed by atoms with Gasteiger partial charge in [0.15, 0.2) is 0 Å². The highest BCUT2D eigenvalue weighted by molar-refractivity contribution is 5.85. The quantitative estimate of drug-likeness (QED) is 0.873. The first-order chi connectivity index (χ1) is 8.84. The lowest BCUT2D eigenvalue weighted by molar-refractivity contribution is 0.705. The second-order valence-corrected chi connectivity index (χ2v) is 4.28. The van der Waals surface area contributed by atoms with Crippen molar-refractivity contribution in [3.05, 3.63) is 60.4 Å². The molecule has 1 aliphatic heterocycles. The van der Waals surface area contributed by atoms with Gasteiger partial charge in [-0.15, -0.1) is 0 Å². The van der Waals surface area contributed by atoms with Crippen LogP contribution in [-0.2, 0) is 0 Å². The minimum Gasteiger partial charge on any atom is -0.386 e. The van der Waals surface area contributed by atoms with E-state index in [4.69, 9.17) is 5.73 Å². The molecule has 4 heteroatoms. The molecule has 18 heavy (non-hydrogen) atoms. The molecule has 1 aromatic heterocycles. The Labute approximate surface area is 106 Å². The van der Waals surface area contributed by atoms with E-state index in [0.29, 0.717) is 5.84 Å². The fourth-order valence-corrected chi connectivity index (χ4v) is 2.18. The Kier molecular flexibility index (Phi) is 2.68. The number of hydrogen-bond acceptors (Lipinski definition) is 4. The Bertz CT molecular complexity index is 551. The van der Waals surface area contributed by atoms with Crippen LogP contribution in [0, 0.1) is 0 Å². The number of pyridine rings is 1. The summed E-state index contributed by atoms with van der Waals surface area (Å²) < 4.78 is 0. The molecule has 0 radical (unpaired) electrons. The number of nitrogens with zero attached hydrogens (tertiary/aromatic N) is 3. The fourth-order valence-electron chi connectivity index (χ4n) is 2.18. The van der Waals surface area contributed by atoms with Gasteiger partial charge in [-0.1, -0.05) is 24.3 Å². The predicted octanol–water partition coefficient (Wildman–Crippen LogP) is 2.31. The average molecular weight is 238 g/mol. The Balaban J connectivity index is 1.97. The zero-order valence-corrected chi connectivity index (χ0v) is 9.90. The maximum absolute atomic E-state index is 5.88. The van der Waals surface area contributed by atoms with E-state index in [1.54, 1.807) is 6.20 Å². The monoisotopic (exact) mass is 238 g/mol. The summed E-state index contributed by atoms with van der Waals surface area (Å²) in [4.78, 5) is 4.16. The van der Waals surface area contributed by atoms with Crippen molar-refractivity contribution >= 4 is 11.5 Å². The van der Waals surface area contributed by atoms with E-state index in [1.807, 2.05) is 47.6 Å². The first kappa shape index (κ1) is 10.8. The summed E-state index contributed by atoms with van der Waals surface area (Å²) in [6.45, 7) is 0. The molecule has 1 atom stereocenters. The van der Waals surface area contributed by atoms with Crippen LogP contribution in [0.1, 0.15) is 18.0 Å². The molecule has 0 saturated carbocycles. The summed E-state index contributed by atoms with van der Waals surface area (Å²) in [5.41, 5.74) is 8.06. The van der Waals surface area contributed by atoms with Crippen LogP contribution in [0.4, 0.5) is 5.69 Å². The van der Waals surface area contributed by atoms with Crippen molar-refractivity contribution in [2.45, 2.75) is 12.5 Å². The molecule has 0 saturated heterocycles. The Morgan fingerprint density at radius 3 is 2.67 bits per heavy atom. The van der Waals surface area contributed by atoms with Crippen molar-refractivity contribution < 1.29 is 0 Å². The summed E-state index contributed by atoms with van der Waals surface area (Å²) in [5.74, 6) is 0.660. The Morgan fingerprint density at radius 2 is 1.94 bits per heavy atom. The first-order valence-electron chi connectivity index (χ1n) is 5.92. The molecule has 3 rings (SSSR count). The molecule has 0 amide bonds. The van der Waals surface area contributed by atoms with Crippen LogP contribution < -0.4 is 10.7 Å². The summed E-state index contributed by atoms with van der Waals surface area (Å²) in [5, 5.41) is 6.38. The number of nitrogens with two attached hydrogens (primary N) is 1. The number of rotatable bonds is 2. The van der Waals surface area contributed by atoms with E-state index in [-0.39, 0.29) is 6.04 Å². The van der Waals surface area contributed by atoms with Crippen molar-refractivity contribution in [3.63, 3.8) is 0 Å². The molecule has 0 spiro atoms. The van der Waals surface area contributed by atoms with E-state index >= 15 is 0 Å². The van der Waals surface area contributed by atoms with Gasteiger partial charge in [0.2, 0.25) is 0 Å². The number of hydrazone groups is 1. The molecule has 2 N–H and O–H groups in total. The van der Waals surface area contributed by atoms with Gasteiger partial charge in [-0.2, -0.15) is 5.10 Å². The lowest BCUT2D eigenvalue weighted by atomic mass is 10.1. The second-order valence-electron chi connectivity index (χ2n) is 4.28. The van der Waals surface area contributed by atoms with Crippen LogP contribution in [0.15, 0.2) is 60.0 Å². The molecule has 90 valence electrons. The Morgan fingerprint density at radius 1 is 1.11 bits per heavy atom. The van der Waals surface area contributed by atoms with Crippen molar-refractivity contribution in [2.24, 2.45) is 10.8 Å². The van der Waals surface area contributed by atoms with E-state index in [0.717, 1.165) is 17.7 Å². The highest BCUT2D eigenvalue weighted by Crippen LogP contribution is 2.33. The zero-order valence-electron chi connectivity index (χ0n) is 9.90. The molecule has 1 aliphatic rings. The maximum Gasteiger partial charge on any atom is 0.122 e. The largest absolute Gasteiger partial charge is 0.386 e. The van der Waals surface area contributed by atoms with Crippen molar-refractivity contribution in [1.29, 1.82) is 0 Å². The van der Waals surface area contributed by atoms with Crippen LogP contribution in [0.25, 0.3) is 0 Å². The summed E-state index contributed by atoms with van der Waals surface area (Å²) >= 11 is 0. The molecule has 0 aliphatic carbocycles. The molecule has 2 heterocycles. The molecule has 1 unspecified atom stereocenters. The van der Waals surface area contributed by atoms with E-state index in [9.17, 15) is 0 Å². The maximum atomic E-state index is 5.88. The van der Waals surface area contributed by atoms with Crippen LogP contribution in [0.2, 0.25) is 0 Å². The van der Waals surface area contributed by atoms with Crippen molar-refractivity contribution in [2.75, 3.05) is 5.01 Å². The van der Waals surface area contributed by atoms with Crippen molar-refractivity contribution in [1.82, 2.24) is 4.98 Å². The molecule has 4 nitrogen and oxygen atoms in total. The number of para-hydroxylation sites is 1. The normalized spacial score (nSPS) is 18.8. The number of aromatic nitrogens is 1. The van der Waals surface area contributed by atoms with Gasteiger partial charge in [0.05, 0.1) is 11.7 Å². The molecule has 2 aromatic rings. The third-order valence-corrected chi connectivity index (χ3v) is 3.02. The lowest BCUT2D eigenvalue weighted by Crippen LogP contribution is -2.18. The SMILES string of the molecule is NC1=NN(c2ccccc2)C(c2cccnc2)C1. The van der Waals surface area contributed by atoms with Crippen LogP contribution in [0.3, 0.4) is 0 Å². The highest BCUT2D eigenvalue weighted by Gasteiger charge is 2.27. The van der Waals surface area contributed by atoms with Crippen LogP contribution in [0.5, 0.6) is 0 Å². The molecular weight excluding hydrogens is 224 g/mol. The molecule has 1 aromatic carbocycles. The van der Waals surface area contributed by atoms with Gasteiger partial charge >= 0.3 is 0 Å². The van der Waals surface area contributed by atoms with E-state index in [1.165, 1.54) is 0 Å². The standard InChI is InChI=1S/C14H14N4/c15-14-9-13(11-5-4-8-16-10-11)18(17-14)12-6-2-1-3-7-12/h1-8,10,13H,9H2,(H2,15,17). The predicted molar refractivity (Wildman–Crippen MR) is 72.1 cm³/mol. The third kappa shape index (κ3) is 1.93. The average Bonchev–Trinajstić information content (AvgIpc) is 2.83. The number of anilines is 1. The Hall–Kier alpha value is -2.36. The summed E-state index contributed by atoms with van der Waals surface area (Å²) in [6, 6.07) is 14.2. The van der Waals surface area contributed by atoms with Crippen LogP contribution in [-0.4, -0.2) is 10.8 Å². The van der Waals surface area contributed by atoms with Crippen LogP contribution >= 0.6 is 0 Å². The topological polar surface area (TPSA) is 54.5 Å². The molecule has 0 bridgehead atoms. The minimum atomic E-state index is 0.140. The summed E-state index contributed by atoms with van der Waals surface area (Å²) in [6.07, 6.45) is 4.38. The fraction of sp³-hybridized carbons (Fsp3) is 0.143. The van der Waals surface area contributed by atoms with Gasteiger partial charge in [-0.05, 0) is 23.8 Å². The number of benzene rings is 1. The lowest BCUT2D eigenvalue weighted by Gasteiger charge is -2.23. The van der Waals surface area contributed by atoms with E-state index in [2.05, 4.69) is 16.2 Å². The van der Waals surface area contributed by atoms with Gasteiger partial charge in [-0.3, -0.25) is 9.99 Å². The van der Waals surface area contributed by atoms with Gasteiger partial charge in [0, 0.05) is 18.8 Å². The summed E-state index contributed by atoms with van der Waals surface area (Å²) in [7, 11) is 0. The highest BCUT2D eigenvalue weighted by atomic mass is 15.5.